The molecule has 0 N–H and O–H groups in total. The van der Waals surface area contributed by atoms with Gasteiger partial charge in [0.1, 0.15) is 12.6 Å². The van der Waals surface area contributed by atoms with E-state index in [1.807, 2.05) is 12.3 Å². The molecule has 5 heteroatoms. The molecule has 15 heavy (non-hydrogen) atoms. The van der Waals surface area contributed by atoms with Gasteiger partial charge in [-0.05, 0) is 6.07 Å². The van der Waals surface area contributed by atoms with Crippen LogP contribution in [0.25, 0.3) is 11.3 Å². The fourth-order valence-corrected chi connectivity index (χ4v) is 1.26. The Balaban J connectivity index is 2.17. The Morgan fingerprint density at radius 1 is 1.47 bits per heavy atom. The minimum Gasteiger partial charge on any atom is -0.303 e. The minimum atomic E-state index is 0.477. The summed E-state index contributed by atoms with van der Waals surface area (Å²) in [7, 11) is 0. The number of rotatable bonds is 4. The van der Waals surface area contributed by atoms with Crippen molar-refractivity contribution in [2.75, 3.05) is 0 Å². The molecule has 0 bridgehead atoms. The van der Waals surface area contributed by atoms with Crippen molar-refractivity contribution in [3.63, 3.8) is 0 Å². The molecular weight excluding hydrogens is 192 g/mol. The first kappa shape index (κ1) is 9.51. The quantitative estimate of drug-likeness (QED) is 0.692. The van der Waals surface area contributed by atoms with E-state index in [9.17, 15) is 4.79 Å². The summed E-state index contributed by atoms with van der Waals surface area (Å²) in [6.45, 7) is 0.606. The second-order valence-corrected chi connectivity index (χ2v) is 3.04. The lowest BCUT2D eigenvalue weighted by atomic mass is 10.2. The van der Waals surface area contributed by atoms with Gasteiger partial charge >= 0.3 is 0 Å². The smallest absolute Gasteiger partial charge is 0.121 e. The molecule has 0 aliphatic heterocycles. The number of aryl methyl sites for hydroxylation is 1. The molecule has 5 nitrogen and oxygen atoms in total. The molecule has 0 radical (unpaired) electrons. The van der Waals surface area contributed by atoms with Gasteiger partial charge in [-0.1, -0.05) is 0 Å². The highest BCUT2D eigenvalue weighted by atomic mass is 16.1. The molecule has 0 unspecified atom stereocenters. The van der Waals surface area contributed by atoms with Gasteiger partial charge in [-0.3, -0.25) is 4.68 Å². The van der Waals surface area contributed by atoms with Gasteiger partial charge in [-0.15, -0.1) is 0 Å². The first-order valence-electron chi connectivity index (χ1n) is 4.62. The third-order valence-corrected chi connectivity index (χ3v) is 1.99. The highest BCUT2D eigenvalue weighted by Gasteiger charge is 2.01. The molecule has 0 aliphatic rings. The lowest BCUT2D eigenvalue weighted by molar-refractivity contribution is -0.108. The van der Waals surface area contributed by atoms with E-state index in [2.05, 4.69) is 15.1 Å². The Labute approximate surface area is 86.8 Å². The molecule has 2 heterocycles. The average molecular weight is 202 g/mol. The summed E-state index contributed by atoms with van der Waals surface area (Å²) >= 11 is 0. The zero-order chi connectivity index (χ0) is 10.5. The van der Waals surface area contributed by atoms with E-state index in [-0.39, 0.29) is 0 Å². The van der Waals surface area contributed by atoms with Crippen LogP contribution in [-0.2, 0) is 11.3 Å². The Kier molecular flexibility index (Phi) is 2.82. The van der Waals surface area contributed by atoms with Gasteiger partial charge < -0.3 is 4.79 Å². The van der Waals surface area contributed by atoms with Gasteiger partial charge in [0.2, 0.25) is 0 Å². The first-order chi connectivity index (χ1) is 7.40. The van der Waals surface area contributed by atoms with Crippen LogP contribution in [0.2, 0.25) is 0 Å². The van der Waals surface area contributed by atoms with E-state index in [0.29, 0.717) is 13.0 Å². The van der Waals surface area contributed by atoms with E-state index in [1.54, 1.807) is 17.1 Å². The van der Waals surface area contributed by atoms with Gasteiger partial charge in [0.25, 0.3) is 0 Å². The molecule has 2 aromatic heterocycles. The largest absolute Gasteiger partial charge is 0.303 e. The number of aromatic nitrogens is 4. The van der Waals surface area contributed by atoms with Gasteiger partial charge in [0.05, 0.1) is 11.9 Å². The van der Waals surface area contributed by atoms with Gasteiger partial charge in [0.15, 0.2) is 0 Å². The van der Waals surface area contributed by atoms with Crippen molar-refractivity contribution >= 4 is 6.29 Å². The maximum absolute atomic E-state index is 10.2. The van der Waals surface area contributed by atoms with Crippen LogP contribution in [0.15, 0.2) is 31.0 Å². The molecule has 0 amide bonds. The average Bonchev–Trinajstić information content (AvgIpc) is 2.76. The van der Waals surface area contributed by atoms with Crippen molar-refractivity contribution in [1.29, 1.82) is 0 Å². The van der Waals surface area contributed by atoms with Gasteiger partial charge in [-0.2, -0.15) is 5.10 Å². The molecule has 0 saturated heterocycles. The topological polar surface area (TPSA) is 60.7 Å². The van der Waals surface area contributed by atoms with E-state index in [1.165, 1.54) is 6.33 Å². The number of hydrogen-bond acceptors (Lipinski definition) is 4. The molecule has 2 aromatic rings. The third-order valence-electron chi connectivity index (χ3n) is 1.99. The summed E-state index contributed by atoms with van der Waals surface area (Å²) in [5.41, 5.74) is 1.77. The van der Waals surface area contributed by atoms with Crippen LogP contribution in [-0.4, -0.2) is 26.0 Å². The van der Waals surface area contributed by atoms with E-state index in [0.717, 1.165) is 17.5 Å². The Morgan fingerprint density at radius 2 is 2.40 bits per heavy atom. The maximum Gasteiger partial charge on any atom is 0.121 e. The fraction of sp³-hybridized carbons (Fsp3) is 0.200. The lowest BCUT2D eigenvalue weighted by Crippen LogP contribution is -1.97. The zero-order valence-electron chi connectivity index (χ0n) is 8.08. The van der Waals surface area contributed by atoms with Crippen LogP contribution < -0.4 is 0 Å². The molecule has 0 saturated carbocycles. The SMILES string of the molecule is O=CCCn1cc(-c2ccncn2)cn1. The Bertz CT molecular complexity index is 438. The van der Waals surface area contributed by atoms with Crippen molar-refractivity contribution in [3.05, 3.63) is 31.0 Å². The van der Waals surface area contributed by atoms with E-state index in [4.69, 9.17) is 0 Å². The van der Waals surface area contributed by atoms with Crippen molar-refractivity contribution in [2.45, 2.75) is 13.0 Å². The van der Waals surface area contributed by atoms with Gasteiger partial charge in [-0.25, -0.2) is 9.97 Å². The van der Waals surface area contributed by atoms with Crippen LogP contribution in [0.4, 0.5) is 0 Å². The fourth-order valence-electron chi connectivity index (χ4n) is 1.26. The van der Waals surface area contributed by atoms with Crippen LogP contribution in [0.5, 0.6) is 0 Å². The first-order valence-corrected chi connectivity index (χ1v) is 4.62. The number of nitrogens with zero attached hydrogens (tertiary/aromatic N) is 4. The molecule has 0 spiro atoms. The van der Waals surface area contributed by atoms with Crippen LogP contribution >= 0.6 is 0 Å². The summed E-state index contributed by atoms with van der Waals surface area (Å²) < 4.78 is 1.73. The van der Waals surface area contributed by atoms with E-state index < -0.39 is 0 Å². The highest BCUT2D eigenvalue weighted by Crippen LogP contribution is 2.13. The summed E-state index contributed by atoms with van der Waals surface area (Å²) in [6.07, 6.45) is 8.14. The van der Waals surface area contributed by atoms with E-state index >= 15 is 0 Å². The molecule has 0 fully saturated rings. The number of hydrogen-bond donors (Lipinski definition) is 0. The molecule has 0 aromatic carbocycles. The Hall–Kier alpha value is -2.04. The molecule has 2 rings (SSSR count). The summed E-state index contributed by atoms with van der Waals surface area (Å²) in [5.74, 6) is 0. The minimum absolute atomic E-state index is 0.477. The highest BCUT2D eigenvalue weighted by molar-refractivity contribution is 5.55. The van der Waals surface area contributed by atoms with Gasteiger partial charge in [0, 0.05) is 30.9 Å². The maximum atomic E-state index is 10.2. The molecule has 0 aliphatic carbocycles. The summed E-state index contributed by atoms with van der Waals surface area (Å²) in [5, 5.41) is 4.13. The van der Waals surface area contributed by atoms with Crippen molar-refractivity contribution < 1.29 is 4.79 Å². The Morgan fingerprint density at radius 3 is 3.13 bits per heavy atom. The normalized spacial score (nSPS) is 10.1. The van der Waals surface area contributed by atoms with Crippen LogP contribution in [0, 0.1) is 0 Å². The lowest BCUT2D eigenvalue weighted by Gasteiger charge is -1.95. The number of aldehydes is 1. The monoisotopic (exact) mass is 202 g/mol. The second kappa shape index (κ2) is 4.45. The summed E-state index contributed by atoms with van der Waals surface area (Å²) in [6, 6.07) is 1.82. The predicted octanol–water partition coefficient (Wildman–Crippen LogP) is 0.929. The standard InChI is InChI=1S/C10H10N4O/c15-5-1-4-14-7-9(6-13-14)10-2-3-11-8-12-10/h2-3,5-8H,1,4H2. The van der Waals surface area contributed by atoms with Crippen molar-refractivity contribution in [3.8, 4) is 11.3 Å². The molecular formula is C10H10N4O. The second-order valence-electron chi connectivity index (χ2n) is 3.04. The van der Waals surface area contributed by atoms with Crippen molar-refractivity contribution in [1.82, 2.24) is 19.7 Å². The predicted molar refractivity (Wildman–Crippen MR) is 53.9 cm³/mol. The molecule has 0 atom stereocenters. The third kappa shape index (κ3) is 2.25. The van der Waals surface area contributed by atoms with Crippen LogP contribution in [0.3, 0.4) is 0 Å². The number of carbonyl (C=O) groups is 1. The zero-order valence-corrected chi connectivity index (χ0v) is 8.08. The molecule has 76 valence electrons. The summed E-state index contributed by atoms with van der Waals surface area (Å²) in [4.78, 5) is 18.1. The number of carbonyl (C=O) groups excluding carboxylic acids is 1. The van der Waals surface area contributed by atoms with Crippen LogP contribution in [0.1, 0.15) is 6.42 Å². The van der Waals surface area contributed by atoms with Crippen molar-refractivity contribution in [2.24, 2.45) is 0 Å².